The quantitative estimate of drug-likeness (QED) is 0.860. The van der Waals surface area contributed by atoms with Gasteiger partial charge in [0.05, 0.1) is 5.69 Å². The second kappa shape index (κ2) is 4.63. The van der Waals surface area contributed by atoms with E-state index in [9.17, 15) is 4.39 Å². The highest BCUT2D eigenvalue weighted by molar-refractivity contribution is 5.63. The molecule has 1 aromatic heterocycles. The molecule has 88 valence electrons. The Bertz CT molecular complexity index is 518. The first-order valence-corrected chi connectivity index (χ1v) is 5.56. The van der Waals surface area contributed by atoms with Crippen molar-refractivity contribution in [3.8, 4) is 11.1 Å². The lowest BCUT2D eigenvalue weighted by Gasteiger charge is -2.07. The Hall–Kier alpha value is -1.74. The van der Waals surface area contributed by atoms with Gasteiger partial charge in [0.15, 0.2) is 0 Å². The average molecular weight is 230 g/mol. The zero-order chi connectivity index (χ0) is 12.4. The van der Waals surface area contributed by atoms with E-state index in [0.717, 1.165) is 16.8 Å². The average Bonchev–Trinajstić information content (AvgIpc) is 2.33. The molecule has 1 heterocycles. The van der Waals surface area contributed by atoms with E-state index in [0.29, 0.717) is 5.56 Å². The summed E-state index contributed by atoms with van der Waals surface area (Å²) in [4.78, 5) is 4.29. The van der Waals surface area contributed by atoms with Crippen molar-refractivity contribution in [2.24, 2.45) is 5.73 Å². The van der Waals surface area contributed by atoms with Gasteiger partial charge in [-0.15, -0.1) is 0 Å². The number of hydrogen-bond acceptors (Lipinski definition) is 2. The monoisotopic (exact) mass is 230 g/mol. The van der Waals surface area contributed by atoms with Gasteiger partial charge in [-0.1, -0.05) is 12.1 Å². The molecule has 1 aromatic carbocycles. The van der Waals surface area contributed by atoms with Gasteiger partial charge < -0.3 is 5.73 Å². The summed E-state index contributed by atoms with van der Waals surface area (Å²) >= 11 is 0. The normalized spacial score (nSPS) is 12.5. The maximum absolute atomic E-state index is 13.2. The first kappa shape index (κ1) is 11.7. The minimum atomic E-state index is -0.186. The maximum atomic E-state index is 13.2. The van der Waals surface area contributed by atoms with E-state index in [1.165, 1.54) is 6.07 Å². The van der Waals surface area contributed by atoms with Crippen LogP contribution in [-0.2, 0) is 0 Å². The topological polar surface area (TPSA) is 38.9 Å². The van der Waals surface area contributed by atoms with Crippen LogP contribution in [0.25, 0.3) is 11.1 Å². The van der Waals surface area contributed by atoms with E-state index in [1.54, 1.807) is 19.2 Å². The van der Waals surface area contributed by atoms with Gasteiger partial charge in [-0.25, -0.2) is 4.39 Å². The summed E-state index contributed by atoms with van der Waals surface area (Å²) in [5.41, 5.74) is 9.16. The van der Waals surface area contributed by atoms with Gasteiger partial charge in [-0.3, -0.25) is 4.98 Å². The van der Waals surface area contributed by atoms with E-state index < -0.39 is 0 Å². The van der Waals surface area contributed by atoms with E-state index in [4.69, 9.17) is 5.73 Å². The van der Waals surface area contributed by atoms with E-state index >= 15 is 0 Å². The molecular weight excluding hydrogens is 215 g/mol. The molecule has 0 saturated carbocycles. The summed E-state index contributed by atoms with van der Waals surface area (Å²) < 4.78 is 13.2. The number of nitrogens with two attached hydrogens (primary N) is 1. The Morgan fingerprint density at radius 1 is 1.18 bits per heavy atom. The first-order valence-electron chi connectivity index (χ1n) is 5.56. The minimum Gasteiger partial charge on any atom is -0.323 e. The number of halogens is 1. The van der Waals surface area contributed by atoms with Crippen molar-refractivity contribution in [1.82, 2.24) is 4.98 Å². The van der Waals surface area contributed by atoms with Gasteiger partial charge >= 0.3 is 0 Å². The van der Waals surface area contributed by atoms with Crippen molar-refractivity contribution in [1.29, 1.82) is 0 Å². The molecule has 0 aliphatic heterocycles. The molecule has 0 aliphatic rings. The molecule has 2 aromatic rings. The van der Waals surface area contributed by atoms with Crippen LogP contribution >= 0.6 is 0 Å². The third-order valence-electron chi connectivity index (χ3n) is 2.74. The number of nitrogens with zero attached hydrogens (tertiary/aromatic N) is 1. The standard InChI is InChI=1S/C14H15FN2/c1-9-7-11(3-5-13(9)15)12-4-6-14(10(2)16)17-8-12/h3-8,10H,16H2,1-2H3. The Labute approximate surface area is 100 Å². The molecule has 1 unspecified atom stereocenters. The van der Waals surface area contributed by atoms with Crippen LogP contribution in [0.15, 0.2) is 36.5 Å². The van der Waals surface area contributed by atoms with Crippen LogP contribution in [0.2, 0.25) is 0 Å². The summed E-state index contributed by atoms with van der Waals surface area (Å²) in [6.07, 6.45) is 1.77. The molecule has 0 radical (unpaired) electrons. The second-order valence-electron chi connectivity index (χ2n) is 4.22. The fourth-order valence-electron chi connectivity index (χ4n) is 1.67. The van der Waals surface area contributed by atoms with Crippen molar-refractivity contribution >= 4 is 0 Å². The van der Waals surface area contributed by atoms with Crippen molar-refractivity contribution < 1.29 is 4.39 Å². The largest absolute Gasteiger partial charge is 0.323 e. The summed E-state index contributed by atoms with van der Waals surface area (Å²) in [7, 11) is 0. The fraction of sp³-hybridized carbons (Fsp3) is 0.214. The predicted molar refractivity (Wildman–Crippen MR) is 67.0 cm³/mol. The molecule has 2 nitrogen and oxygen atoms in total. The lowest BCUT2D eigenvalue weighted by atomic mass is 10.0. The number of hydrogen-bond donors (Lipinski definition) is 1. The summed E-state index contributed by atoms with van der Waals surface area (Å²) in [6.45, 7) is 3.65. The Balaban J connectivity index is 2.36. The van der Waals surface area contributed by atoms with E-state index in [1.807, 2.05) is 25.1 Å². The van der Waals surface area contributed by atoms with Crippen LogP contribution in [0.5, 0.6) is 0 Å². The number of pyridine rings is 1. The van der Waals surface area contributed by atoms with Gasteiger partial charge in [0.1, 0.15) is 5.82 Å². The maximum Gasteiger partial charge on any atom is 0.126 e. The Morgan fingerprint density at radius 2 is 1.88 bits per heavy atom. The molecule has 0 aliphatic carbocycles. The molecule has 0 saturated heterocycles. The van der Waals surface area contributed by atoms with Crippen molar-refractivity contribution in [2.75, 3.05) is 0 Å². The summed E-state index contributed by atoms with van der Waals surface area (Å²) in [5.74, 6) is -0.186. The number of aryl methyl sites for hydroxylation is 1. The molecule has 3 heteroatoms. The van der Waals surface area contributed by atoms with Gasteiger partial charge in [0, 0.05) is 17.8 Å². The molecule has 1 atom stereocenters. The summed E-state index contributed by atoms with van der Waals surface area (Å²) in [6, 6.07) is 8.84. The number of aromatic nitrogens is 1. The molecule has 0 bridgehead atoms. The SMILES string of the molecule is Cc1cc(-c2ccc(C(C)N)nc2)ccc1F. The van der Waals surface area contributed by atoms with Crippen LogP contribution in [0.1, 0.15) is 24.2 Å². The van der Waals surface area contributed by atoms with Crippen LogP contribution in [0.4, 0.5) is 4.39 Å². The molecule has 0 spiro atoms. The molecule has 17 heavy (non-hydrogen) atoms. The van der Waals surface area contributed by atoms with Crippen LogP contribution in [-0.4, -0.2) is 4.98 Å². The molecular formula is C14H15FN2. The molecule has 0 fully saturated rings. The van der Waals surface area contributed by atoms with Crippen LogP contribution in [0.3, 0.4) is 0 Å². The second-order valence-corrected chi connectivity index (χ2v) is 4.22. The Morgan fingerprint density at radius 3 is 2.41 bits per heavy atom. The third kappa shape index (κ3) is 2.50. The van der Waals surface area contributed by atoms with Gasteiger partial charge in [-0.05, 0) is 43.2 Å². The highest BCUT2D eigenvalue weighted by atomic mass is 19.1. The van der Waals surface area contributed by atoms with Gasteiger partial charge in [0.25, 0.3) is 0 Å². The zero-order valence-corrected chi connectivity index (χ0v) is 9.94. The predicted octanol–water partition coefficient (Wildman–Crippen LogP) is 3.22. The van der Waals surface area contributed by atoms with E-state index in [-0.39, 0.29) is 11.9 Å². The minimum absolute atomic E-state index is 0.0704. The molecule has 0 amide bonds. The van der Waals surface area contributed by atoms with Crippen LogP contribution < -0.4 is 5.73 Å². The lowest BCUT2D eigenvalue weighted by Crippen LogP contribution is -2.06. The smallest absolute Gasteiger partial charge is 0.126 e. The number of rotatable bonds is 2. The number of benzene rings is 1. The highest BCUT2D eigenvalue weighted by Crippen LogP contribution is 2.21. The van der Waals surface area contributed by atoms with Crippen molar-refractivity contribution in [3.63, 3.8) is 0 Å². The van der Waals surface area contributed by atoms with Crippen molar-refractivity contribution in [2.45, 2.75) is 19.9 Å². The van der Waals surface area contributed by atoms with Gasteiger partial charge in [-0.2, -0.15) is 0 Å². The zero-order valence-electron chi connectivity index (χ0n) is 9.94. The van der Waals surface area contributed by atoms with Crippen molar-refractivity contribution in [3.05, 3.63) is 53.6 Å². The Kier molecular flexibility index (Phi) is 3.20. The van der Waals surface area contributed by atoms with E-state index in [2.05, 4.69) is 4.98 Å². The lowest BCUT2D eigenvalue weighted by molar-refractivity contribution is 0.619. The van der Waals surface area contributed by atoms with Crippen LogP contribution in [0, 0.1) is 12.7 Å². The fourth-order valence-corrected chi connectivity index (χ4v) is 1.67. The molecule has 2 rings (SSSR count). The third-order valence-corrected chi connectivity index (χ3v) is 2.74. The summed E-state index contributed by atoms with van der Waals surface area (Å²) in [5, 5.41) is 0. The van der Waals surface area contributed by atoms with Gasteiger partial charge in [0.2, 0.25) is 0 Å². The first-order chi connectivity index (χ1) is 8.08. The highest BCUT2D eigenvalue weighted by Gasteiger charge is 2.04. The molecule has 2 N–H and O–H groups in total.